The molecule has 2 rings (SSSR count). The molecule has 0 unspecified atom stereocenters. The molecule has 0 spiro atoms. The molecule has 0 aliphatic heterocycles. The number of thiazole rings is 1. The quantitative estimate of drug-likeness (QED) is 0.454. The molecule has 0 radical (unpaired) electrons. The van der Waals surface area contributed by atoms with Gasteiger partial charge in [-0.25, -0.2) is 15.0 Å². The molecule has 0 saturated heterocycles. The smallest absolute Gasteiger partial charge is 0.178 e. The highest BCUT2D eigenvalue weighted by Crippen LogP contribution is 2.26. The third-order valence-corrected chi connectivity index (χ3v) is 3.31. The van der Waals surface area contributed by atoms with Crippen molar-refractivity contribution in [3.05, 3.63) is 11.3 Å². The summed E-state index contributed by atoms with van der Waals surface area (Å²) in [6.45, 7) is 2.05. The van der Waals surface area contributed by atoms with Gasteiger partial charge in [-0.1, -0.05) is 18.3 Å². The Balaban J connectivity index is 2.60. The Morgan fingerprint density at radius 2 is 2.43 bits per heavy atom. The average molecular weight is 225 g/mol. The van der Waals surface area contributed by atoms with Crippen molar-refractivity contribution < 1.29 is 4.79 Å². The largest absolute Gasteiger partial charge is 0.295 e. The van der Waals surface area contributed by atoms with Crippen LogP contribution in [0.25, 0.3) is 10.3 Å². The van der Waals surface area contributed by atoms with E-state index in [1.165, 1.54) is 17.7 Å². The summed E-state index contributed by atoms with van der Waals surface area (Å²) in [5.74, 6) is 0.931. The lowest BCUT2D eigenvalue weighted by atomic mass is 10.6. The maximum atomic E-state index is 10.5. The van der Waals surface area contributed by atoms with Crippen molar-refractivity contribution >= 4 is 39.7 Å². The standard InChI is InChI=1S/C8H7N3OS2/c1-2-13-7-6-8(10-4-9-7)14-5(3-12)11-6/h3-4H,2H2,1H3. The number of hydrogen-bond donors (Lipinski definition) is 0. The SMILES string of the molecule is CCSc1ncnc2sc(C=O)nc12. The zero-order chi connectivity index (χ0) is 9.97. The van der Waals surface area contributed by atoms with Gasteiger partial charge in [0.2, 0.25) is 0 Å². The fraction of sp³-hybridized carbons (Fsp3) is 0.250. The summed E-state index contributed by atoms with van der Waals surface area (Å²) >= 11 is 2.90. The molecule has 0 aromatic carbocycles. The molecule has 14 heavy (non-hydrogen) atoms. The summed E-state index contributed by atoms with van der Waals surface area (Å²) in [5, 5.41) is 1.31. The summed E-state index contributed by atoms with van der Waals surface area (Å²) in [7, 11) is 0. The van der Waals surface area contributed by atoms with Crippen LogP contribution in [0.5, 0.6) is 0 Å². The number of fused-ring (bicyclic) bond motifs is 1. The minimum Gasteiger partial charge on any atom is -0.295 e. The maximum absolute atomic E-state index is 10.5. The number of aldehydes is 1. The van der Waals surface area contributed by atoms with Crippen molar-refractivity contribution in [2.75, 3.05) is 5.75 Å². The van der Waals surface area contributed by atoms with E-state index in [9.17, 15) is 4.79 Å². The number of carbonyl (C=O) groups is 1. The third-order valence-electron chi connectivity index (χ3n) is 1.56. The van der Waals surface area contributed by atoms with E-state index in [1.54, 1.807) is 11.8 Å². The van der Waals surface area contributed by atoms with Gasteiger partial charge in [0.1, 0.15) is 21.7 Å². The van der Waals surface area contributed by atoms with Gasteiger partial charge in [0.05, 0.1) is 0 Å². The van der Waals surface area contributed by atoms with Crippen LogP contribution >= 0.6 is 23.1 Å². The van der Waals surface area contributed by atoms with Crippen LogP contribution in [0, 0.1) is 0 Å². The molecular formula is C8H7N3OS2. The first-order valence-corrected chi connectivity index (χ1v) is 5.85. The van der Waals surface area contributed by atoms with Crippen molar-refractivity contribution in [3.63, 3.8) is 0 Å². The normalized spacial score (nSPS) is 10.6. The zero-order valence-corrected chi connectivity index (χ0v) is 9.06. The molecule has 4 nitrogen and oxygen atoms in total. The van der Waals surface area contributed by atoms with Crippen molar-refractivity contribution in [2.24, 2.45) is 0 Å². The highest BCUT2D eigenvalue weighted by atomic mass is 32.2. The predicted octanol–water partition coefficient (Wildman–Crippen LogP) is 2.01. The minimum atomic E-state index is 0.457. The maximum Gasteiger partial charge on any atom is 0.178 e. The lowest BCUT2D eigenvalue weighted by Crippen LogP contribution is -1.85. The van der Waals surface area contributed by atoms with Crippen molar-refractivity contribution in [1.29, 1.82) is 0 Å². The van der Waals surface area contributed by atoms with Gasteiger partial charge in [-0.2, -0.15) is 0 Å². The van der Waals surface area contributed by atoms with Gasteiger partial charge in [-0.05, 0) is 5.75 Å². The van der Waals surface area contributed by atoms with E-state index in [-0.39, 0.29) is 0 Å². The van der Waals surface area contributed by atoms with Gasteiger partial charge in [0.15, 0.2) is 11.3 Å². The lowest BCUT2D eigenvalue weighted by molar-refractivity contribution is 0.112. The number of hydrogen-bond acceptors (Lipinski definition) is 6. The van der Waals surface area contributed by atoms with Crippen LogP contribution in [0.3, 0.4) is 0 Å². The summed E-state index contributed by atoms with van der Waals surface area (Å²) in [4.78, 5) is 23.7. The van der Waals surface area contributed by atoms with E-state index >= 15 is 0 Å². The van der Waals surface area contributed by atoms with E-state index in [1.807, 2.05) is 6.92 Å². The summed E-state index contributed by atoms with van der Waals surface area (Å²) in [6.07, 6.45) is 2.25. The van der Waals surface area contributed by atoms with Gasteiger partial charge in [0, 0.05) is 0 Å². The first-order chi connectivity index (χ1) is 6.85. The molecule has 0 fully saturated rings. The van der Waals surface area contributed by atoms with Crippen LogP contribution in [-0.2, 0) is 0 Å². The molecule has 0 saturated carbocycles. The van der Waals surface area contributed by atoms with Gasteiger partial charge in [0.25, 0.3) is 0 Å². The Bertz CT molecular complexity index is 469. The fourth-order valence-corrected chi connectivity index (χ4v) is 2.50. The molecule has 0 atom stereocenters. The molecular weight excluding hydrogens is 218 g/mol. The van der Waals surface area contributed by atoms with Crippen molar-refractivity contribution in [3.8, 4) is 0 Å². The molecule has 0 aliphatic carbocycles. The van der Waals surface area contributed by atoms with Crippen LogP contribution in [0.4, 0.5) is 0 Å². The lowest BCUT2D eigenvalue weighted by Gasteiger charge is -1.95. The number of carbonyl (C=O) groups excluding carboxylic acids is 1. The number of aromatic nitrogens is 3. The topological polar surface area (TPSA) is 55.7 Å². The summed E-state index contributed by atoms with van der Waals surface area (Å²) in [6, 6.07) is 0. The molecule has 2 aromatic heterocycles. The third kappa shape index (κ3) is 1.62. The average Bonchev–Trinajstić information content (AvgIpc) is 2.62. The number of nitrogens with zero attached hydrogens (tertiary/aromatic N) is 3. The number of thioether (sulfide) groups is 1. The number of rotatable bonds is 3. The van der Waals surface area contributed by atoms with Crippen molar-refractivity contribution in [2.45, 2.75) is 11.9 Å². The van der Waals surface area contributed by atoms with Crippen LogP contribution in [0.15, 0.2) is 11.4 Å². The highest BCUT2D eigenvalue weighted by molar-refractivity contribution is 7.99. The second-order valence-electron chi connectivity index (χ2n) is 2.44. The van der Waals surface area contributed by atoms with E-state index in [0.29, 0.717) is 5.01 Å². The Hall–Kier alpha value is -1.01. The molecule has 6 heteroatoms. The Morgan fingerprint density at radius 1 is 1.57 bits per heavy atom. The van der Waals surface area contributed by atoms with Crippen molar-refractivity contribution in [1.82, 2.24) is 15.0 Å². The van der Waals surface area contributed by atoms with E-state index < -0.39 is 0 Å². The zero-order valence-electron chi connectivity index (χ0n) is 7.43. The van der Waals surface area contributed by atoms with Crippen LogP contribution in [-0.4, -0.2) is 27.0 Å². The predicted molar refractivity (Wildman–Crippen MR) is 57.0 cm³/mol. The molecule has 0 N–H and O–H groups in total. The highest BCUT2D eigenvalue weighted by Gasteiger charge is 2.09. The monoisotopic (exact) mass is 225 g/mol. The second kappa shape index (κ2) is 4.02. The van der Waals surface area contributed by atoms with Gasteiger partial charge in [-0.15, -0.1) is 11.8 Å². The Kier molecular flexibility index (Phi) is 2.74. The van der Waals surface area contributed by atoms with E-state index in [2.05, 4.69) is 15.0 Å². The van der Waals surface area contributed by atoms with Crippen LogP contribution < -0.4 is 0 Å². The second-order valence-corrected chi connectivity index (χ2v) is 4.70. The summed E-state index contributed by atoms with van der Waals surface area (Å²) < 4.78 is 0. The fourth-order valence-electron chi connectivity index (χ4n) is 1.04. The molecule has 2 aromatic rings. The van der Waals surface area contributed by atoms with Gasteiger partial charge < -0.3 is 0 Å². The Labute approximate surface area is 88.8 Å². The minimum absolute atomic E-state index is 0.457. The molecule has 2 heterocycles. The first kappa shape index (κ1) is 9.54. The molecule has 0 bridgehead atoms. The first-order valence-electron chi connectivity index (χ1n) is 4.04. The van der Waals surface area contributed by atoms with E-state index in [0.717, 1.165) is 27.4 Å². The van der Waals surface area contributed by atoms with Crippen LogP contribution in [0.1, 0.15) is 16.7 Å². The Morgan fingerprint density at radius 3 is 3.14 bits per heavy atom. The summed E-state index contributed by atoms with van der Waals surface area (Å²) in [5.41, 5.74) is 0.742. The molecule has 72 valence electrons. The molecule has 0 amide bonds. The molecule has 0 aliphatic rings. The van der Waals surface area contributed by atoms with Crippen LogP contribution in [0.2, 0.25) is 0 Å². The van der Waals surface area contributed by atoms with Gasteiger partial charge >= 0.3 is 0 Å². The van der Waals surface area contributed by atoms with E-state index in [4.69, 9.17) is 0 Å². The van der Waals surface area contributed by atoms with Gasteiger partial charge in [-0.3, -0.25) is 4.79 Å².